The highest BCUT2D eigenvalue weighted by Crippen LogP contribution is 2.22. The van der Waals surface area contributed by atoms with Crippen LogP contribution in [0.2, 0.25) is 0 Å². The van der Waals surface area contributed by atoms with Gasteiger partial charge in [0.15, 0.2) is 6.29 Å². The number of nitro groups is 1. The summed E-state index contributed by atoms with van der Waals surface area (Å²) in [6.45, 7) is 0. The molecule has 1 rings (SSSR count). The Labute approximate surface area is 81.1 Å². The van der Waals surface area contributed by atoms with Gasteiger partial charge in [0, 0.05) is 37.5 Å². The summed E-state index contributed by atoms with van der Waals surface area (Å²) in [5.41, 5.74) is 0.924. The molecule has 0 spiro atoms. The second-order valence-electron chi connectivity index (χ2n) is 3.01. The van der Waals surface area contributed by atoms with Gasteiger partial charge in [0.05, 0.1) is 4.92 Å². The molecule has 0 heterocycles. The summed E-state index contributed by atoms with van der Waals surface area (Å²) in [5.74, 6) is 0. The summed E-state index contributed by atoms with van der Waals surface area (Å²) < 4.78 is 0. The van der Waals surface area contributed by atoms with Crippen LogP contribution in [0.15, 0.2) is 18.2 Å². The number of non-ortho nitro benzene ring substituents is 1. The minimum Gasteiger partial charge on any atom is -0.377 e. The lowest BCUT2D eigenvalue weighted by Gasteiger charge is -2.13. The molecule has 0 unspecified atom stereocenters. The zero-order valence-electron chi connectivity index (χ0n) is 7.93. The zero-order valence-corrected chi connectivity index (χ0v) is 7.93. The average Bonchev–Trinajstić information content (AvgIpc) is 2.16. The summed E-state index contributed by atoms with van der Waals surface area (Å²) in [6.07, 6.45) is 0.613. The summed E-state index contributed by atoms with van der Waals surface area (Å²) in [6, 6.07) is 4.20. The topological polar surface area (TPSA) is 63.4 Å². The van der Waals surface area contributed by atoms with Gasteiger partial charge in [0.2, 0.25) is 0 Å². The van der Waals surface area contributed by atoms with Crippen LogP contribution in [-0.4, -0.2) is 25.3 Å². The van der Waals surface area contributed by atoms with Gasteiger partial charge in [-0.3, -0.25) is 14.9 Å². The standard InChI is InChI=1S/C9H10N2O3/c1-10(2)9-4-3-8(11(13)14)5-7(9)6-12/h3-6H,1-2H3. The Kier molecular flexibility index (Phi) is 2.81. The highest BCUT2D eigenvalue weighted by molar-refractivity contribution is 5.85. The SMILES string of the molecule is CN(C)c1ccc([N+](=O)[O-])cc1C=O. The number of hydrogen-bond donors (Lipinski definition) is 0. The summed E-state index contributed by atoms with van der Waals surface area (Å²) >= 11 is 0. The van der Waals surface area contributed by atoms with E-state index in [0.717, 1.165) is 0 Å². The van der Waals surface area contributed by atoms with Crippen molar-refractivity contribution < 1.29 is 9.72 Å². The molecule has 0 aliphatic carbocycles. The summed E-state index contributed by atoms with van der Waals surface area (Å²) in [5, 5.41) is 10.4. The number of nitrogens with zero attached hydrogens (tertiary/aromatic N) is 2. The van der Waals surface area contributed by atoms with Gasteiger partial charge in [0.25, 0.3) is 5.69 Å². The van der Waals surface area contributed by atoms with E-state index in [0.29, 0.717) is 17.5 Å². The van der Waals surface area contributed by atoms with Crippen molar-refractivity contribution in [3.8, 4) is 0 Å². The van der Waals surface area contributed by atoms with E-state index in [-0.39, 0.29) is 5.69 Å². The number of nitro benzene ring substituents is 1. The van der Waals surface area contributed by atoms with E-state index in [1.807, 2.05) is 0 Å². The number of carbonyl (C=O) groups excluding carboxylic acids is 1. The quantitative estimate of drug-likeness (QED) is 0.415. The van der Waals surface area contributed by atoms with E-state index < -0.39 is 4.92 Å². The molecule has 0 fully saturated rings. The van der Waals surface area contributed by atoms with Gasteiger partial charge < -0.3 is 4.90 Å². The van der Waals surface area contributed by atoms with E-state index in [9.17, 15) is 14.9 Å². The second-order valence-corrected chi connectivity index (χ2v) is 3.01. The Balaban J connectivity index is 3.25. The molecule has 0 saturated heterocycles. The minimum absolute atomic E-state index is 0.0716. The first-order valence-electron chi connectivity index (χ1n) is 3.97. The van der Waals surface area contributed by atoms with Crippen molar-refractivity contribution in [3.63, 3.8) is 0 Å². The molecule has 1 aromatic carbocycles. The smallest absolute Gasteiger partial charge is 0.270 e. The first kappa shape index (κ1) is 10.2. The fourth-order valence-electron chi connectivity index (χ4n) is 1.16. The van der Waals surface area contributed by atoms with Crippen LogP contribution in [0.4, 0.5) is 11.4 Å². The van der Waals surface area contributed by atoms with Crippen LogP contribution in [0, 0.1) is 10.1 Å². The molecule has 1 aromatic rings. The molecule has 0 aliphatic heterocycles. The number of rotatable bonds is 3. The van der Waals surface area contributed by atoms with E-state index in [1.54, 1.807) is 25.1 Å². The largest absolute Gasteiger partial charge is 0.377 e. The summed E-state index contributed by atoms with van der Waals surface area (Å²) in [4.78, 5) is 22.3. The predicted molar refractivity (Wildman–Crippen MR) is 52.8 cm³/mol. The molecule has 0 atom stereocenters. The molecule has 0 aromatic heterocycles. The Morgan fingerprint density at radius 1 is 1.43 bits per heavy atom. The highest BCUT2D eigenvalue weighted by Gasteiger charge is 2.10. The monoisotopic (exact) mass is 194 g/mol. The minimum atomic E-state index is -0.521. The van der Waals surface area contributed by atoms with Crippen LogP contribution < -0.4 is 4.90 Å². The number of benzene rings is 1. The Hall–Kier alpha value is -1.91. The van der Waals surface area contributed by atoms with E-state index >= 15 is 0 Å². The van der Waals surface area contributed by atoms with Crippen molar-refractivity contribution in [3.05, 3.63) is 33.9 Å². The first-order chi connectivity index (χ1) is 6.56. The lowest BCUT2D eigenvalue weighted by atomic mass is 10.1. The van der Waals surface area contributed by atoms with Crippen molar-refractivity contribution in [2.24, 2.45) is 0 Å². The Morgan fingerprint density at radius 2 is 2.07 bits per heavy atom. The van der Waals surface area contributed by atoms with Crippen molar-refractivity contribution >= 4 is 17.7 Å². The number of carbonyl (C=O) groups is 1. The van der Waals surface area contributed by atoms with Crippen LogP contribution in [0.1, 0.15) is 10.4 Å². The number of anilines is 1. The van der Waals surface area contributed by atoms with Crippen molar-refractivity contribution in [2.45, 2.75) is 0 Å². The van der Waals surface area contributed by atoms with E-state index in [2.05, 4.69) is 0 Å². The van der Waals surface area contributed by atoms with Crippen LogP contribution in [0.5, 0.6) is 0 Å². The highest BCUT2D eigenvalue weighted by atomic mass is 16.6. The van der Waals surface area contributed by atoms with Crippen LogP contribution in [0.3, 0.4) is 0 Å². The van der Waals surface area contributed by atoms with Crippen LogP contribution in [-0.2, 0) is 0 Å². The van der Waals surface area contributed by atoms with Gasteiger partial charge in [-0.2, -0.15) is 0 Å². The van der Waals surface area contributed by atoms with Crippen molar-refractivity contribution in [1.29, 1.82) is 0 Å². The molecule has 5 nitrogen and oxygen atoms in total. The molecule has 74 valence electrons. The number of hydrogen-bond acceptors (Lipinski definition) is 4. The maximum atomic E-state index is 10.7. The fraction of sp³-hybridized carbons (Fsp3) is 0.222. The molecule has 0 N–H and O–H groups in total. The normalized spacial score (nSPS) is 9.57. The Bertz CT molecular complexity index is 374. The molecule has 14 heavy (non-hydrogen) atoms. The first-order valence-corrected chi connectivity index (χ1v) is 3.97. The van der Waals surface area contributed by atoms with Gasteiger partial charge in [-0.25, -0.2) is 0 Å². The molecule has 5 heteroatoms. The summed E-state index contributed by atoms with van der Waals surface area (Å²) in [7, 11) is 3.54. The lowest BCUT2D eigenvalue weighted by molar-refractivity contribution is -0.384. The fourth-order valence-corrected chi connectivity index (χ4v) is 1.16. The third-order valence-electron chi connectivity index (χ3n) is 1.83. The zero-order chi connectivity index (χ0) is 10.7. The molecule has 0 aliphatic rings. The van der Waals surface area contributed by atoms with Gasteiger partial charge in [-0.05, 0) is 6.07 Å². The molecular formula is C9H10N2O3. The van der Waals surface area contributed by atoms with Crippen LogP contribution >= 0.6 is 0 Å². The van der Waals surface area contributed by atoms with Crippen LogP contribution in [0.25, 0.3) is 0 Å². The van der Waals surface area contributed by atoms with Gasteiger partial charge in [-0.1, -0.05) is 0 Å². The van der Waals surface area contributed by atoms with Crippen molar-refractivity contribution in [2.75, 3.05) is 19.0 Å². The van der Waals surface area contributed by atoms with E-state index in [4.69, 9.17) is 0 Å². The molecule has 0 radical (unpaired) electrons. The predicted octanol–water partition coefficient (Wildman–Crippen LogP) is 1.47. The van der Waals surface area contributed by atoms with Gasteiger partial charge >= 0.3 is 0 Å². The Morgan fingerprint density at radius 3 is 2.50 bits per heavy atom. The lowest BCUT2D eigenvalue weighted by Crippen LogP contribution is -2.11. The average molecular weight is 194 g/mol. The maximum absolute atomic E-state index is 10.7. The van der Waals surface area contributed by atoms with Gasteiger partial charge in [0.1, 0.15) is 0 Å². The van der Waals surface area contributed by atoms with Gasteiger partial charge in [-0.15, -0.1) is 0 Å². The molecule has 0 amide bonds. The number of aldehydes is 1. The van der Waals surface area contributed by atoms with Crippen molar-refractivity contribution in [1.82, 2.24) is 0 Å². The molecular weight excluding hydrogens is 184 g/mol. The molecule has 0 bridgehead atoms. The molecule has 0 saturated carbocycles. The third-order valence-corrected chi connectivity index (χ3v) is 1.83. The third kappa shape index (κ3) is 1.87. The maximum Gasteiger partial charge on any atom is 0.270 e. The second kappa shape index (κ2) is 3.87. The van der Waals surface area contributed by atoms with E-state index in [1.165, 1.54) is 12.1 Å².